The maximum absolute atomic E-state index is 5.89. The highest BCUT2D eigenvalue weighted by Crippen LogP contribution is 2.31. The van der Waals surface area contributed by atoms with Gasteiger partial charge in [-0.1, -0.05) is 26.2 Å². The zero-order valence-electron chi connectivity index (χ0n) is 13.7. The van der Waals surface area contributed by atoms with Gasteiger partial charge in [0.05, 0.1) is 13.2 Å². The minimum absolute atomic E-state index is 0.389. The van der Waals surface area contributed by atoms with Crippen LogP contribution in [-0.2, 0) is 9.47 Å². The van der Waals surface area contributed by atoms with Gasteiger partial charge in [0.25, 0.3) is 0 Å². The molecule has 1 aliphatic rings. The third kappa shape index (κ3) is 4.15. The maximum Gasteiger partial charge on any atom is 0.217 e. The number of hydrogen-bond donors (Lipinski definition) is 1. The SMILES string of the molecule is CCCCCC1COC(c2ccc(-c3ccc(N)cc3)o2)OC1. The van der Waals surface area contributed by atoms with E-state index < -0.39 is 0 Å². The Labute approximate surface area is 137 Å². The summed E-state index contributed by atoms with van der Waals surface area (Å²) in [5, 5.41) is 0. The molecule has 0 radical (unpaired) electrons. The summed E-state index contributed by atoms with van der Waals surface area (Å²) in [5.74, 6) is 2.03. The van der Waals surface area contributed by atoms with Crippen LogP contribution in [0, 0.1) is 5.92 Å². The normalized spacial score (nSPS) is 21.4. The minimum Gasteiger partial charge on any atom is -0.456 e. The molecule has 1 aromatic carbocycles. The summed E-state index contributed by atoms with van der Waals surface area (Å²) in [4.78, 5) is 0. The average molecular weight is 315 g/mol. The van der Waals surface area contributed by atoms with Crippen LogP contribution >= 0.6 is 0 Å². The van der Waals surface area contributed by atoms with Crippen molar-refractivity contribution in [1.29, 1.82) is 0 Å². The molecule has 4 heteroatoms. The first-order valence-corrected chi connectivity index (χ1v) is 8.45. The fourth-order valence-corrected chi connectivity index (χ4v) is 2.84. The van der Waals surface area contributed by atoms with Gasteiger partial charge >= 0.3 is 0 Å². The first-order valence-electron chi connectivity index (χ1n) is 8.45. The van der Waals surface area contributed by atoms with Crippen LogP contribution in [0.2, 0.25) is 0 Å². The number of furan rings is 1. The predicted octanol–water partition coefficient (Wildman–Crippen LogP) is 4.77. The van der Waals surface area contributed by atoms with E-state index >= 15 is 0 Å². The lowest BCUT2D eigenvalue weighted by Gasteiger charge is -2.28. The van der Waals surface area contributed by atoms with Gasteiger partial charge in [-0.25, -0.2) is 0 Å². The van der Waals surface area contributed by atoms with Crippen LogP contribution < -0.4 is 5.73 Å². The molecule has 0 spiro atoms. The number of hydrogen-bond acceptors (Lipinski definition) is 4. The van der Waals surface area contributed by atoms with Crippen molar-refractivity contribution in [3.05, 3.63) is 42.2 Å². The van der Waals surface area contributed by atoms with Crippen molar-refractivity contribution in [1.82, 2.24) is 0 Å². The zero-order chi connectivity index (χ0) is 16.1. The maximum atomic E-state index is 5.89. The lowest BCUT2D eigenvalue weighted by Crippen LogP contribution is -2.26. The van der Waals surface area contributed by atoms with Gasteiger partial charge < -0.3 is 19.6 Å². The van der Waals surface area contributed by atoms with Gasteiger partial charge in [-0.2, -0.15) is 0 Å². The van der Waals surface area contributed by atoms with E-state index in [9.17, 15) is 0 Å². The Morgan fingerprint density at radius 2 is 1.74 bits per heavy atom. The van der Waals surface area contributed by atoms with E-state index in [4.69, 9.17) is 19.6 Å². The van der Waals surface area contributed by atoms with Crippen LogP contribution in [0.1, 0.15) is 44.7 Å². The molecule has 0 amide bonds. The molecular formula is C19H25NO3. The summed E-state index contributed by atoms with van der Waals surface area (Å²) in [7, 11) is 0. The quantitative estimate of drug-likeness (QED) is 0.616. The Morgan fingerprint density at radius 1 is 1.00 bits per heavy atom. The second-order valence-electron chi connectivity index (χ2n) is 6.18. The first-order chi connectivity index (χ1) is 11.3. The molecule has 0 unspecified atom stereocenters. The van der Waals surface area contributed by atoms with Gasteiger partial charge in [0.15, 0.2) is 5.76 Å². The number of nitrogen functional groups attached to an aromatic ring is 1. The van der Waals surface area contributed by atoms with E-state index in [1.165, 1.54) is 25.7 Å². The van der Waals surface area contributed by atoms with Gasteiger partial charge in [0, 0.05) is 17.2 Å². The Kier molecular flexibility index (Phi) is 5.36. The van der Waals surface area contributed by atoms with E-state index in [-0.39, 0.29) is 6.29 Å². The lowest BCUT2D eigenvalue weighted by atomic mass is 10.0. The van der Waals surface area contributed by atoms with Gasteiger partial charge in [-0.3, -0.25) is 0 Å². The van der Waals surface area contributed by atoms with Crippen LogP contribution in [-0.4, -0.2) is 13.2 Å². The second-order valence-corrected chi connectivity index (χ2v) is 6.18. The highest BCUT2D eigenvalue weighted by Gasteiger charge is 2.25. The summed E-state index contributed by atoms with van der Waals surface area (Å²) < 4.78 is 17.6. The number of nitrogens with two attached hydrogens (primary N) is 1. The number of rotatable bonds is 6. The van der Waals surface area contributed by atoms with E-state index in [0.717, 1.165) is 36.0 Å². The second kappa shape index (κ2) is 7.66. The van der Waals surface area contributed by atoms with Crippen LogP contribution in [0.4, 0.5) is 5.69 Å². The van der Waals surface area contributed by atoms with Crippen LogP contribution in [0.25, 0.3) is 11.3 Å². The Morgan fingerprint density at radius 3 is 2.43 bits per heavy atom. The molecule has 1 aromatic heterocycles. The fraction of sp³-hybridized carbons (Fsp3) is 0.474. The molecule has 4 nitrogen and oxygen atoms in total. The molecule has 2 heterocycles. The van der Waals surface area contributed by atoms with Crippen molar-refractivity contribution < 1.29 is 13.9 Å². The standard InChI is InChI=1S/C19H25NO3/c1-2-3-4-5-14-12-21-19(22-13-14)18-11-10-17(23-18)15-6-8-16(20)9-7-15/h6-11,14,19H,2-5,12-13,20H2,1H3. The number of anilines is 1. The topological polar surface area (TPSA) is 57.6 Å². The molecule has 0 aliphatic carbocycles. The molecule has 2 aromatic rings. The smallest absolute Gasteiger partial charge is 0.217 e. The molecule has 2 N–H and O–H groups in total. The van der Waals surface area contributed by atoms with E-state index in [0.29, 0.717) is 5.92 Å². The van der Waals surface area contributed by atoms with Crippen LogP contribution in [0.15, 0.2) is 40.8 Å². The zero-order valence-corrected chi connectivity index (χ0v) is 13.7. The Balaban J connectivity index is 1.56. The molecule has 1 aliphatic heterocycles. The average Bonchev–Trinajstić information content (AvgIpc) is 3.06. The summed E-state index contributed by atoms with van der Waals surface area (Å²) in [6.45, 7) is 3.71. The molecular weight excluding hydrogens is 290 g/mol. The number of ether oxygens (including phenoxy) is 2. The van der Waals surface area contributed by atoms with E-state index in [1.807, 2.05) is 36.4 Å². The molecule has 0 bridgehead atoms. The molecule has 3 rings (SSSR count). The van der Waals surface area contributed by atoms with Crippen molar-refractivity contribution in [3.8, 4) is 11.3 Å². The summed E-state index contributed by atoms with van der Waals surface area (Å²) in [5.41, 5.74) is 7.46. The fourth-order valence-electron chi connectivity index (χ4n) is 2.84. The monoisotopic (exact) mass is 315 g/mol. The number of unbranched alkanes of at least 4 members (excludes halogenated alkanes) is 2. The first kappa shape index (κ1) is 16.1. The highest BCUT2D eigenvalue weighted by molar-refractivity contribution is 5.60. The van der Waals surface area contributed by atoms with Crippen molar-refractivity contribution in [2.75, 3.05) is 18.9 Å². The largest absolute Gasteiger partial charge is 0.456 e. The Bertz CT molecular complexity index is 597. The van der Waals surface area contributed by atoms with Gasteiger partial charge in [-0.05, 0) is 42.8 Å². The van der Waals surface area contributed by atoms with Crippen molar-refractivity contribution >= 4 is 5.69 Å². The predicted molar refractivity (Wildman–Crippen MR) is 90.8 cm³/mol. The van der Waals surface area contributed by atoms with Crippen molar-refractivity contribution in [2.24, 2.45) is 5.92 Å². The third-order valence-electron chi connectivity index (χ3n) is 4.24. The van der Waals surface area contributed by atoms with Crippen molar-refractivity contribution in [2.45, 2.75) is 38.9 Å². The number of benzene rings is 1. The highest BCUT2D eigenvalue weighted by atomic mass is 16.7. The van der Waals surface area contributed by atoms with Crippen molar-refractivity contribution in [3.63, 3.8) is 0 Å². The minimum atomic E-state index is -0.389. The van der Waals surface area contributed by atoms with Gasteiger partial charge in [0.2, 0.25) is 6.29 Å². The van der Waals surface area contributed by atoms with Crippen LogP contribution in [0.5, 0.6) is 0 Å². The third-order valence-corrected chi connectivity index (χ3v) is 4.24. The molecule has 1 fully saturated rings. The van der Waals surface area contributed by atoms with E-state index in [1.54, 1.807) is 0 Å². The molecule has 0 atom stereocenters. The summed E-state index contributed by atoms with van der Waals surface area (Å²) in [6.07, 6.45) is 4.57. The molecule has 124 valence electrons. The Hall–Kier alpha value is -1.78. The van der Waals surface area contributed by atoms with Gasteiger partial charge in [0.1, 0.15) is 5.76 Å². The summed E-state index contributed by atoms with van der Waals surface area (Å²) >= 11 is 0. The molecule has 1 saturated heterocycles. The van der Waals surface area contributed by atoms with E-state index in [2.05, 4.69) is 6.92 Å². The lowest BCUT2D eigenvalue weighted by molar-refractivity contribution is -0.213. The summed E-state index contributed by atoms with van der Waals surface area (Å²) in [6, 6.07) is 11.5. The molecule has 0 saturated carbocycles. The van der Waals surface area contributed by atoms with Crippen LogP contribution in [0.3, 0.4) is 0 Å². The van der Waals surface area contributed by atoms with Gasteiger partial charge in [-0.15, -0.1) is 0 Å². The molecule has 23 heavy (non-hydrogen) atoms.